The van der Waals surface area contributed by atoms with Crippen LogP contribution in [0.2, 0.25) is 0 Å². The Hall–Kier alpha value is -2.07. The van der Waals surface area contributed by atoms with Crippen molar-refractivity contribution in [1.29, 1.82) is 0 Å². The highest BCUT2D eigenvalue weighted by molar-refractivity contribution is 5.65. The van der Waals surface area contributed by atoms with Crippen molar-refractivity contribution in [1.82, 2.24) is 4.98 Å². The van der Waals surface area contributed by atoms with Crippen LogP contribution in [0.1, 0.15) is 18.4 Å². The number of nitrogens with one attached hydrogen (secondary N) is 1. The second-order valence-corrected chi connectivity index (χ2v) is 5.43. The van der Waals surface area contributed by atoms with E-state index in [1.54, 1.807) is 0 Å². The lowest BCUT2D eigenvalue weighted by molar-refractivity contribution is 0.145. The van der Waals surface area contributed by atoms with E-state index in [0.29, 0.717) is 0 Å². The number of nitrogens with zero attached hydrogens (tertiary/aromatic N) is 2. The molecule has 0 aliphatic carbocycles. The fourth-order valence-electron chi connectivity index (χ4n) is 2.66. The Labute approximate surface area is 125 Å². The number of hydrogen-bond acceptors (Lipinski definition) is 4. The SMILES string of the molecule is OC1CCN(c2ncccc2NCc2ccccc2)CC1. The molecule has 0 radical (unpaired) electrons. The maximum Gasteiger partial charge on any atom is 0.151 e. The molecule has 0 unspecified atom stereocenters. The number of aromatic nitrogens is 1. The average molecular weight is 283 g/mol. The zero-order chi connectivity index (χ0) is 14.5. The van der Waals surface area contributed by atoms with Gasteiger partial charge in [-0.05, 0) is 30.5 Å². The minimum atomic E-state index is -0.161. The standard InChI is InChI=1S/C17H21N3O/c21-15-8-11-20(12-9-15)17-16(7-4-10-18-17)19-13-14-5-2-1-3-6-14/h1-7,10,15,19,21H,8-9,11-13H2. The number of benzene rings is 1. The highest BCUT2D eigenvalue weighted by Gasteiger charge is 2.20. The molecule has 1 aliphatic rings. The first-order valence-electron chi connectivity index (χ1n) is 7.49. The first-order chi connectivity index (χ1) is 10.3. The number of aliphatic hydroxyl groups excluding tert-OH is 1. The quantitative estimate of drug-likeness (QED) is 0.905. The molecule has 110 valence electrons. The third-order valence-corrected chi connectivity index (χ3v) is 3.88. The van der Waals surface area contributed by atoms with Gasteiger partial charge in [0.15, 0.2) is 5.82 Å². The molecule has 0 amide bonds. The van der Waals surface area contributed by atoms with Gasteiger partial charge in [0.25, 0.3) is 0 Å². The van der Waals surface area contributed by atoms with E-state index in [0.717, 1.165) is 44.0 Å². The zero-order valence-corrected chi connectivity index (χ0v) is 12.1. The van der Waals surface area contributed by atoms with Crippen LogP contribution >= 0.6 is 0 Å². The number of hydrogen-bond donors (Lipinski definition) is 2. The number of aliphatic hydroxyl groups is 1. The van der Waals surface area contributed by atoms with Crippen LogP contribution in [0.3, 0.4) is 0 Å². The van der Waals surface area contributed by atoms with Crippen molar-refractivity contribution in [2.45, 2.75) is 25.5 Å². The number of piperidine rings is 1. The Balaban J connectivity index is 1.70. The molecule has 0 atom stereocenters. The van der Waals surface area contributed by atoms with E-state index in [1.807, 2.05) is 30.5 Å². The fourth-order valence-corrected chi connectivity index (χ4v) is 2.66. The molecule has 3 rings (SSSR count). The van der Waals surface area contributed by atoms with E-state index in [2.05, 4.69) is 33.4 Å². The molecular weight excluding hydrogens is 262 g/mol. The minimum Gasteiger partial charge on any atom is -0.393 e. The molecule has 1 fully saturated rings. The lowest BCUT2D eigenvalue weighted by Crippen LogP contribution is -2.36. The Kier molecular flexibility index (Phi) is 4.36. The summed E-state index contributed by atoms with van der Waals surface area (Å²) in [6.45, 7) is 2.51. The topological polar surface area (TPSA) is 48.4 Å². The van der Waals surface area contributed by atoms with Crippen LogP contribution < -0.4 is 10.2 Å². The number of pyridine rings is 1. The molecule has 4 nitrogen and oxygen atoms in total. The smallest absolute Gasteiger partial charge is 0.151 e. The molecule has 21 heavy (non-hydrogen) atoms. The summed E-state index contributed by atoms with van der Waals surface area (Å²) in [5.41, 5.74) is 2.30. The van der Waals surface area contributed by atoms with Crippen molar-refractivity contribution in [3.05, 3.63) is 54.2 Å². The summed E-state index contributed by atoms with van der Waals surface area (Å²) < 4.78 is 0. The van der Waals surface area contributed by atoms with Gasteiger partial charge in [-0.2, -0.15) is 0 Å². The summed E-state index contributed by atoms with van der Waals surface area (Å²) in [5.74, 6) is 0.986. The normalized spacial score (nSPS) is 16.0. The maximum atomic E-state index is 9.63. The van der Waals surface area contributed by atoms with E-state index < -0.39 is 0 Å². The van der Waals surface area contributed by atoms with Gasteiger partial charge in [-0.1, -0.05) is 30.3 Å². The van der Waals surface area contributed by atoms with Crippen LogP contribution in [0.5, 0.6) is 0 Å². The Morgan fingerprint density at radius 2 is 1.86 bits per heavy atom. The Bertz CT molecular complexity index is 565. The lowest BCUT2D eigenvalue weighted by atomic mass is 10.1. The van der Waals surface area contributed by atoms with Gasteiger partial charge >= 0.3 is 0 Å². The molecular formula is C17H21N3O. The summed E-state index contributed by atoms with van der Waals surface area (Å²) in [6.07, 6.45) is 3.29. The van der Waals surface area contributed by atoms with Crippen molar-refractivity contribution in [3.63, 3.8) is 0 Å². The summed E-state index contributed by atoms with van der Waals surface area (Å²) in [5, 5.41) is 13.1. The summed E-state index contributed by atoms with van der Waals surface area (Å²) in [4.78, 5) is 6.77. The number of anilines is 2. The fraction of sp³-hybridized carbons (Fsp3) is 0.353. The molecule has 2 N–H and O–H groups in total. The predicted octanol–water partition coefficient (Wildman–Crippen LogP) is 2.65. The van der Waals surface area contributed by atoms with Crippen LogP contribution in [0.4, 0.5) is 11.5 Å². The Morgan fingerprint density at radius 1 is 1.10 bits per heavy atom. The number of rotatable bonds is 4. The molecule has 4 heteroatoms. The summed E-state index contributed by atoms with van der Waals surface area (Å²) >= 11 is 0. The molecule has 2 heterocycles. The first-order valence-corrected chi connectivity index (χ1v) is 7.49. The predicted molar refractivity (Wildman–Crippen MR) is 85.5 cm³/mol. The molecule has 1 saturated heterocycles. The van der Waals surface area contributed by atoms with Gasteiger partial charge in [-0.25, -0.2) is 4.98 Å². The van der Waals surface area contributed by atoms with Gasteiger partial charge in [0.2, 0.25) is 0 Å². The van der Waals surface area contributed by atoms with E-state index >= 15 is 0 Å². The van der Waals surface area contributed by atoms with E-state index in [9.17, 15) is 5.11 Å². The highest BCUT2D eigenvalue weighted by Crippen LogP contribution is 2.26. The van der Waals surface area contributed by atoms with E-state index in [4.69, 9.17) is 0 Å². The molecule has 1 aromatic carbocycles. The molecule has 2 aromatic rings. The minimum absolute atomic E-state index is 0.161. The van der Waals surface area contributed by atoms with Crippen LogP contribution in [0.15, 0.2) is 48.7 Å². The molecule has 0 saturated carbocycles. The van der Waals surface area contributed by atoms with Crippen LogP contribution in [-0.4, -0.2) is 29.3 Å². The van der Waals surface area contributed by atoms with Crippen molar-refractivity contribution in [2.24, 2.45) is 0 Å². The van der Waals surface area contributed by atoms with Gasteiger partial charge in [-0.3, -0.25) is 0 Å². The van der Waals surface area contributed by atoms with Gasteiger partial charge in [0.1, 0.15) is 0 Å². The van der Waals surface area contributed by atoms with Crippen molar-refractivity contribution in [2.75, 3.05) is 23.3 Å². The third kappa shape index (κ3) is 3.52. The molecule has 1 aromatic heterocycles. The van der Waals surface area contributed by atoms with Gasteiger partial charge < -0.3 is 15.3 Å². The second-order valence-electron chi connectivity index (χ2n) is 5.43. The summed E-state index contributed by atoms with van der Waals surface area (Å²) in [7, 11) is 0. The first kappa shape index (κ1) is 13.9. The van der Waals surface area contributed by atoms with E-state index in [-0.39, 0.29) is 6.10 Å². The maximum absolute atomic E-state index is 9.63. The van der Waals surface area contributed by atoms with Crippen LogP contribution in [0, 0.1) is 0 Å². The van der Waals surface area contributed by atoms with Crippen LogP contribution in [-0.2, 0) is 6.54 Å². The van der Waals surface area contributed by atoms with Crippen molar-refractivity contribution in [3.8, 4) is 0 Å². The monoisotopic (exact) mass is 283 g/mol. The zero-order valence-electron chi connectivity index (χ0n) is 12.1. The van der Waals surface area contributed by atoms with Gasteiger partial charge in [0.05, 0.1) is 11.8 Å². The van der Waals surface area contributed by atoms with Gasteiger partial charge in [-0.15, -0.1) is 0 Å². The lowest BCUT2D eigenvalue weighted by Gasteiger charge is -2.31. The van der Waals surface area contributed by atoms with Crippen molar-refractivity contribution < 1.29 is 5.11 Å². The summed E-state index contributed by atoms with van der Waals surface area (Å²) in [6, 6.07) is 14.4. The van der Waals surface area contributed by atoms with Crippen LogP contribution in [0.25, 0.3) is 0 Å². The Morgan fingerprint density at radius 3 is 2.62 bits per heavy atom. The average Bonchev–Trinajstić information content (AvgIpc) is 2.55. The molecule has 1 aliphatic heterocycles. The van der Waals surface area contributed by atoms with Crippen molar-refractivity contribution >= 4 is 11.5 Å². The van der Waals surface area contributed by atoms with Gasteiger partial charge in [0, 0.05) is 25.8 Å². The third-order valence-electron chi connectivity index (χ3n) is 3.88. The largest absolute Gasteiger partial charge is 0.393 e. The second kappa shape index (κ2) is 6.59. The molecule has 0 bridgehead atoms. The highest BCUT2D eigenvalue weighted by atomic mass is 16.3. The molecule has 0 spiro atoms. The van der Waals surface area contributed by atoms with E-state index in [1.165, 1.54) is 5.56 Å².